The Bertz CT molecular complexity index is 390. The topological polar surface area (TPSA) is 0 Å². The third-order valence-electron chi connectivity index (χ3n) is 2.81. The van der Waals surface area contributed by atoms with Gasteiger partial charge in [0.25, 0.3) is 0 Å². The molecule has 0 unspecified atom stereocenters. The first-order chi connectivity index (χ1) is 7.14. The van der Waals surface area contributed by atoms with Crippen molar-refractivity contribution in [2.45, 2.75) is 52.4 Å². The molecular weight excluding hydrogens is 256 g/mol. The Morgan fingerprint density at radius 3 is 1.41 bits per heavy atom. The third-order valence-corrected chi connectivity index (χ3v) is 2.81. The molecule has 0 fully saturated rings. The first kappa shape index (κ1) is 16.3. The summed E-state index contributed by atoms with van der Waals surface area (Å²) in [5.41, 5.74) is 3.65. The zero-order chi connectivity index (χ0) is 12.6. The second-order valence-electron chi connectivity index (χ2n) is 6.42. The van der Waals surface area contributed by atoms with Gasteiger partial charge in [-0.25, -0.2) is 0 Å². The Kier molecular flexibility index (Phi) is 5.08. The molecule has 0 atom stereocenters. The van der Waals surface area contributed by atoms with E-state index >= 15 is 0 Å². The Labute approximate surface area is 117 Å². The van der Waals surface area contributed by atoms with E-state index in [4.69, 9.17) is 6.42 Å². The van der Waals surface area contributed by atoms with Crippen LogP contribution in [0.2, 0.25) is 0 Å². The van der Waals surface area contributed by atoms with E-state index < -0.39 is 0 Å². The van der Waals surface area contributed by atoms with Gasteiger partial charge < -0.3 is 6.42 Å². The molecule has 0 saturated carbocycles. The van der Waals surface area contributed by atoms with Crippen LogP contribution in [-0.2, 0) is 27.9 Å². The summed E-state index contributed by atoms with van der Waals surface area (Å²) in [6.45, 7) is 13.2. The maximum absolute atomic E-state index is 7.30. The zero-order valence-electron chi connectivity index (χ0n) is 11.5. The minimum absolute atomic E-state index is 0. The molecule has 0 radical (unpaired) electrons. The van der Waals surface area contributed by atoms with Gasteiger partial charge in [0.1, 0.15) is 0 Å². The van der Waals surface area contributed by atoms with Crippen molar-refractivity contribution in [3.63, 3.8) is 0 Å². The second-order valence-corrected chi connectivity index (χ2v) is 6.42. The van der Waals surface area contributed by atoms with E-state index in [1.165, 1.54) is 11.1 Å². The summed E-state index contributed by atoms with van der Waals surface area (Å²) in [4.78, 5) is 0. The molecule has 0 amide bonds. The summed E-state index contributed by atoms with van der Waals surface area (Å²) in [6.07, 6.45) is 7.30. The van der Waals surface area contributed by atoms with Gasteiger partial charge in [-0.3, -0.25) is 5.92 Å². The third kappa shape index (κ3) is 4.23. The van der Waals surface area contributed by atoms with Crippen molar-refractivity contribution in [1.82, 2.24) is 0 Å². The van der Waals surface area contributed by atoms with E-state index in [9.17, 15) is 0 Å². The van der Waals surface area contributed by atoms with E-state index in [0.717, 1.165) is 5.56 Å². The van der Waals surface area contributed by atoms with Crippen LogP contribution in [0.4, 0.5) is 0 Å². The summed E-state index contributed by atoms with van der Waals surface area (Å²) < 4.78 is 0. The predicted molar refractivity (Wildman–Crippen MR) is 70.1 cm³/mol. The molecule has 96 valence electrons. The molecular formula is C16H21Cu. The molecule has 0 aliphatic rings. The van der Waals surface area contributed by atoms with Crippen LogP contribution in [0.1, 0.15) is 58.2 Å². The summed E-state index contributed by atoms with van der Waals surface area (Å²) in [5.74, 6) is 2.50. The maximum atomic E-state index is 7.30. The first-order valence-corrected chi connectivity index (χ1v) is 5.73. The van der Waals surface area contributed by atoms with Gasteiger partial charge in [-0.2, -0.15) is 0 Å². The molecule has 0 saturated heterocycles. The maximum Gasteiger partial charge on any atom is 1.00 e. The normalized spacial score (nSPS) is 11.6. The van der Waals surface area contributed by atoms with E-state index in [-0.39, 0.29) is 27.9 Å². The van der Waals surface area contributed by atoms with Crippen LogP contribution >= 0.6 is 0 Å². The number of hydrogen-bond acceptors (Lipinski definition) is 0. The molecule has 1 heteroatoms. The van der Waals surface area contributed by atoms with Gasteiger partial charge in [-0.1, -0.05) is 58.7 Å². The van der Waals surface area contributed by atoms with Crippen molar-refractivity contribution >= 4 is 0 Å². The second kappa shape index (κ2) is 5.30. The van der Waals surface area contributed by atoms with Gasteiger partial charge in [-0.05, 0) is 10.8 Å². The van der Waals surface area contributed by atoms with E-state index in [2.05, 4.69) is 65.7 Å². The van der Waals surface area contributed by atoms with Crippen LogP contribution < -0.4 is 0 Å². The van der Waals surface area contributed by atoms with Gasteiger partial charge in [0.15, 0.2) is 0 Å². The molecule has 0 bridgehead atoms. The largest absolute Gasteiger partial charge is 1.00 e. The molecule has 0 spiro atoms. The molecule has 0 aromatic heterocycles. The van der Waals surface area contributed by atoms with Crippen molar-refractivity contribution in [3.05, 3.63) is 41.3 Å². The number of rotatable bonds is 0. The quantitative estimate of drug-likeness (QED) is 0.378. The van der Waals surface area contributed by atoms with Gasteiger partial charge >= 0.3 is 17.1 Å². The Morgan fingerprint density at radius 1 is 0.824 bits per heavy atom. The monoisotopic (exact) mass is 276 g/mol. The SMILES string of the molecule is [C-]#Cc1cc(C(C)(C)C)cc(C(C)(C)C)c1.[Cu+]. The Balaban J connectivity index is 0.00000256. The van der Waals surface area contributed by atoms with Crippen LogP contribution in [-0.4, -0.2) is 0 Å². The van der Waals surface area contributed by atoms with Gasteiger partial charge in [0.2, 0.25) is 0 Å². The van der Waals surface area contributed by atoms with Crippen LogP contribution in [0, 0.1) is 12.3 Å². The van der Waals surface area contributed by atoms with Crippen LogP contribution in [0.3, 0.4) is 0 Å². The fraction of sp³-hybridized carbons (Fsp3) is 0.500. The molecule has 1 aromatic carbocycles. The fourth-order valence-electron chi connectivity index (χ4n) is 1.57. The van der Waals surface area contributed by atoms with E-state index in [1.807, 2.05) is 0 Å². The fourth-order valence-corrected chi connectivity index (χ4v) is 1.57. The standard InChI is InChI=1S/C16H21.Cu/c1-8-12-9-13(15(2,3)4)11-14(10-12)16(5,6)7;/h9-11H,2-7H3;/q-1;+1. The summed E-state index contributed by atoms with van der Waals surface area (Å²) in [5, 5.41) is 0. The van der Waals surface area contributed by atoms with Gasteiger partial charge in [0, 0.05) is 0 Å². The average molecular weight is 277 g/mol. The molecule has 0 aliphatic carbocycles. The molecule has 17 heavy (non-hydrogen) atoms. The van der Waals surface area contributed by atoms with Gasteiger partial charge in [0.05, 0.1) is 0 Å². The summed E-state index contributed by atoms with van der Waals surface area (Å²) in [6, 6.07) is 6.37. The van der Waals surface area contributed by atoms with Crippen molar-refractivity contribution in [2.24, 2.45) is 0 Å². The minimum Gasteiger partial charge on any atom is -0.366 e. The predicted octanol–water partition coefficient (Wildman–Crippen LogP) is 4.22. The Morgan fingerprint density at radius 2 is 1.18 bits per heavy atom. The molecule has 1 aromatic rings. The number of hydrogen-bond donors (Lipinski definition) is 0. The Hall–Kier alpha value is -0.701. The van der Waals surface area contributed by atoms with Crippen molar-refractivity contribution in [1.29, 1.82) is 0 Å². The van der Waals surface area contributed by atoms with Crippen molar-refractivity contribution in [3.8, 4) is 5.92 Å². The summed E-state index contributed by atoms with van der Waals surface area (Å²) >= 11 is 0. The van der Waals surface area contributed by atoms with E-state index in [0.29, 0.717) is 0 Å². The summed E-state index contributed by atoms with van der Waals surface area (Å²) in [7, 11) is 0. The molecule has 0 N–H and O–H groups in total. The first-order valence-electron chi connectivity index (χ1n) is 5.73. The smallest absolute Gasteiger partial charge is 0.366 e. The number of benzene rings is 1. The van der Waals surface area contributed by atoms with Crippen LogP contribution in [0.5, 0.6) is 0 Å². The zero-order valence-corrected chi connectivity index (χ0v) is 12.5. The minimum atomic E-state index is 0. The molecule has 0 heterocycles. The molecule has 1 rings (SSSR count). The molecule has 0 aliphatic heterocycles. The molecule has 0 nitrogen and oxygen atoms in total. The van der Waals surface area contributed by atoms with Gasteiger partial charge in [-0.15, -0.1) is 17.7 Å². The van der Waals surface area contributed by atoms with Crippen molar-refractivity contribution in [2.75, 3.05) is 0 Å². The van der Waals surface area contributed by atoms with Crippen LogP contribution in [0.15, 0.2) is 18.2 Å². The van der Waals surface area contributed by atoms with Crippen molar-refractivity contribution < 1.29 is 17.1 Å². The van der Waals surface area contributed by atoms with Crippen LogP contribution in [0.25, 0.3) is 0 Å². The van der Waals surface area contributed by atoms with E-state index in [1.54, 1.807) is 0 Å². The average Bonchev–Trinajstić information content (AvgIpc) is 2.14.